The smallest absolute Gasteiger partial charge is 0.103 e. The van der Waals surface area contributed by atoms with Crippen molar-refractivity contribution in [2.75, 3.05) is 0 Å². The third-order valence-electron chi connectivity index (χ3n) is 1.04. The van der Waals surface area contributed by atoms with Gasteiger partial charge in [-0.2, -0.15) is 0 Å². The first kappa shape index (κ1) is 9.36. The molecule has 58 valence electrons. The maximum atomic E-state index is 7.90. The predicted molar refractivity (Wildman–Crippen MR) is 38.2 cm³/mol. The van der Waals surface area contributed by atoms with E-state index in [1.807, 2.05) is 0 Å². The van der Waals surface area contributed by atoms with Gasteiger partial charge in [0.05, 0.1) is 0 Å². The lowest BCUT2D eigenvalue weighted by molar-refractivity contribution is -0.505. The fourth-order valence-corrected chi connectivity index (χ4v) is 0.607. The monoisotopic (exact) mass is 144 g/mol. The van der Waals surface area contributed by atoms with Crippen LogP contribution in [0.3, 0.4) is 0 Å². The number of hydrogen-bond donors (Lipinski definition) is 1. The average molecular weight is 144 g/mol. The molecule has 0 unspecified atom stereocenters. The highest BCUT2D eigenvalue weighted by atomic mass is 17.5. The molecule has 0 rings (SSSR count). The maximum Gasteiger partial charge on any atom is 0.103 e. The van der Waals surface area contributed by atoms with Gasteiger partial charge in [-0.05, 0) is 12.8 Å². The molecule has 0 aromatic carbocycles. The molecule has 0 saturated carbocycles. The Labute approximate surface area is 60.4 Å². The van der Waals surface area contributed by atoms with E-state index in [0.29, 0.717) is 12.8 Å². The Bertz CT molecular complexity index is 91.0. The van der Waals surface area contributed by atoms with Crippen molar-refractivity contribution < 1.29 is 15.2 Å². The second kappa shape index (κ2) is 6.48. The Balaban J connectivity index is 3.48. The minimum Gasteiger partial charge on any atom is -0.221 e. The molecule has 0 amide bonds. The Morgan fingerprint density at radius 3 is 2.10 bits per heavy atom. The van der Waals surface area contributed by atoms with Gasteiger partial charge < -0.3 is 0 Å². The quantitative estimate of drug-likeness (QED) is 0.351. The van der Waals surface area contributed by atoms with E-state index in [1.165, 1.54) is 0 Å². The second-order valence-corrected chi connectivity index (χ2v) is 1.84. The van der Waals surface area contributed by atoms with E-state index in [2.05, 4.69) is 23.1 Å². The van der Waals surface area contributed by atoms with Crippen molar-refractivity contribution in [3.05, 3.63) is 25.3 Å². The maximum absolute atomic E-state index is 7.90. The van der Waals surface area contributed by atoms with Gasteiger partial charge in [-0.25, -0.2) is 10.1 Å². The molecule has 10 heavy (non-hydrogen) atoms. The number of hydrogen-bond acceptors (Lipinski definition) is 3. The molecule has 0 atom stereocenters. The van der Waals surface area contributed by atoms with Crippen LogP contribution in [0.15, 0.2) is 25.3 Å². The summed E-state index contributed by atoms with van der Waals surface area (Å²) in [6, 6.07) is 0. The molecular formula is C7H12O3. The highest BCUT2D eigenvalue weighted by Gasteiger charge is 2.04. The van der Waals surface area contributed by atoms with Crippen LogP contribution in [0, 0.1) is 0 Å². The normalized spacial score (nSPS) is 9.80. The van der Waals surface area contributed by atoms with Gasteiger partial charge in [0.15, 0.2) is 0 Å². The van der Waals surface area contributed by atoms with Crippen LogP contribution in [0.5, 0.6) is 0 Å². The zero-order chi connectivity index (χ0) is 7.82. The molecule has 0 bridgehead atoms. The van der Waals surface area contributed by atoms with Crippen molar-refractivity contribution >= 4 is 0 Å². The Hall–Kier alpha value is -0.640. The summed E-state index contributed by atoms with van der Waals surface area (Å²) in [6.45, 7) is 7.03. The molecule has 0 aromatic heterocycles. The highest BCUT2D eigenvalue weighted by molar-refractivity contribution is 4.79. The van der Waals surface area contributed by atoms with Crippen molar-refractivity contribution in [2.24, 2.45) is 0 Å². The lowest BCUT2D eigenvalue weighted by atomic mass is 10.2. The third-order valence-corrected chi connectivity index (χ3v) is 1.04. The van der Waals surface area contributed by atoms with Crippen LogP contribution in [-0.2, 0) is 9.93 Å². The zero-order valence-electron chi connectivity index (χ0n) is 5.82. The van der Waals surface area contributed by atoms with E-state index in [4.69, 9.17) is 5.26 Å². The molecule has 3 heteroatoms. The first-order valence-corrected chi connectivity index (χ1v) is 3.03. The Kier molecular flexibility index (Phi) is 6.06. The minimum absolute atomic E-state index is 0.181. The van der Waals surface area contributed by atoms with Crippen LogP contribution in [0.4, 0.5) is 0 Å². The average Bonchev–Trinajstić information content (AvgIpc) is 1.90. The lowest BCUT2D eigenvalue weighted by Crippen LogP contribution is -2.09. The molecule has 0 fully saturated rings. The zero-order valence-corrected chi connectivity index (χ0v) is 5.82. The second-order valence-electron chi connectivity index (χ2n) is 1.84. The van der Waals surface area contributed by atoms with E-state index >= 15 is 0 Å². The summed E-state index contributed by atoms with van der Waals surface area (Å²) in [5.41, 5.74) is 0. The fraction of sp³-hybridized carbons (Fsp3) is 0.429. The van der Waals surface area contributed by atoms with Crippen LogP contribution < -0.4 is 0 Å². The van der Waals surface area contributed by atoms with Crippen LogP contribution in [0.25, 0.3) is 0 Å². The molecule has 0 aliphatic rings. The Morgan fingerprint density at radius 1 is 1.30 bits per heavy atom. The van der Waals surface area contributed by atoms with Crippen molar-refractivity contribution in [2.45, 2.75) is 18.9 Å². The van der Waals surface area contributed by atoms with E-state index in [-0.39, 0.29) is 6.10 Å². The summed E-state index contributed by atoms with van der Waals surface area (Å²) < 4.78 is 0. The summed E-state index contributed by atoms with van der Waals surface area (Å²) in [4.78, 5) is 4.44. The predicted octanol–water partition coefficient (Wildman–Crippen LogP) is 1.93. The summed E-state index contributed by atoms with van der Waals surface area (Å²) in [5.74, 6) is 0. The molecule has 1 N–H and O–H groups in total. The standard InChI is InChI=1S/C7H12O3/c1-3-5-7(6-4-2)9-10-8/h3-4,7-8H,1-2,5-6H2. The Morgan fingerprint density at radius 2 is 1.80 bits per heavy atom. The van der Waals surface area contributed by atoms with Crippen molar-refractivity contribution in [1.82, 2.24) is 0 Å². The van der Waals surface area contributed by atoms with Crippen molar-refractivity contribution in [1.29, 1.82) is 0 Å². The van der Waals surface area contributed by atoms with Crippen LogP contribution >= 0.6 is 0 Å². The van der Waals surface area contributed by atoms with E-state index in [0.717, 1.165) is 0 Å². The largest absolute Gasteiger partial charge is 0.221 e. The topological polar surface area (TPSA) is 38.7 Å². The summed E-state index contributed by atoms with van der Waals surface area (Å²) in [5, 5.41) is 11.4. The van der Waals surface area contributed by atoms with Gasteiger partial charge in [0.1, 0.15) is 6.10 Å². The number of rotatable bonds is 6. The molecule has 0 heterocycles. The van der Waals surface area contributed by atoms with Gasteiger partial charge >= 0.3 is 0 Å². The van der Waals surface area contributed by atoms with E-state index in [9.17, 15) is 0 Å². The SMILES string of the molecule is C=CCC(CC=C)OOO. The molecule has 0 aliphatic carbocycles. The van der Waals surface area contributed by atoms with E-state index in [1.54, 1.807) is 12.2 Å². The van der Waals surface area contributed by atoms with Gasteiger partial charge in [0.2, 0.25) is 0 Å². The van der Waals surface area contributed by atoms with Crippen molar-refractivity contribution in [3.63, 3.8) is 0 Å². The lowest BCUT2D eigenvalue weighted by Gasteiger charge is -2.07. The minimum atomic E-state index is -0.181. The third kappa shape index (κ3) is 4.26. The first-order chi connectivity index (χ1) is 4.85. The molecular weight excluding hydrogens is 132 g/mol. The van der Waals surface area contributed by atoms with Crippen molar-refractivity contribution in [3.8, 4) is 0 Å². The van der Waals surface area contributed by atoms with Crippen LogP contribution in [-0.4, -0.2) is 11.4 Å². The van der Waals surface area contributed by atoms with Gasteiger partial charge in [-0.1, -0.05) is 17.2 Å². The molecule has 0 saturated heterocycles. The summed E-state index contributed by atoms with van der Waals surface area (Å²) in [6.07, 6.45) is 4.46. The highest BCUT2D eigenvalue weighted by Crippen LogP contribution is 2.04. The first-order valence-electron chi connectivity index (χ1n) is 3.03. The van der Waals surface area contributed by atoms with Gasteiger partial charge in [0, 0.05) is 0 Å². The fourth-order valence-electron chi connectivity index (χ4n) is 0.607. The molecule has 3 nitrogen and oxygen atoms in total. The van der Waals surface area contributed by atoms with Crippen LogP contribution in [0.2, 0.25) is 0 Å². The van der Waals surface area contributed by atoms with E-state index < -0.39 is 0 Å². The molecule has 0 aromatic rings. The van der Waals surface area contributed by atoms with Crippen LogP contribution in [0.1, 0.15) is 12.8 Å². The van der Waals surface area contributed by atoms with Gasteiger partial charge in [0.25, 0.3) is 0 Å². The summed E-state index contributed by atoms with van der Waals surface area (Å²) in [7, 11) is 0. The molecule has 0 aliphatic heterocycles. The molecule has 0 radical (unpaired) electrons. The van der Waals surface area contributed by atoms with Gasteiger partial charge in [-0.3, -0.25) is 0 Å². The van der Waals surface area contributed by atoms with Gasteiger partial charge in [-0.15, -0.1) is 13.2 Å². The summed E-state index contributed by atoms with van der Waals surface area (Å²) >= 11 is 0. The molecule has 0 spiro atoms.